The van der Waals surface area contributed by atoms with Crippen molar-refractivity contribution in [2.24, 2.45) is 11.1 Å². The molecule has 2 unspecified atom stereocenters. The van der Waals surface area contributed by atoms with Gasteiger partial charge in [-0.3, -0.25) is 4.79 Å². The Labute approximate surface area is 95.5 Å². The number of amides is 1. The number of rotatable bonds is 4. The van der Waals surface area contributed by atoms with Gasteiger partial charge in [-0.25, -0.2) is 0 Å². The van der Waals surface area contributed by atoms with Gasteiger partial charge in [0.2, 0.25) is 5.91 Å². The lowest BCUT2D eigenvalue weighted by molar-refractivity contribution is -0.127. The molecule has 1 fully saturated rings. The van der Waals surface area contributed by atoms with Crippen LogP contribution in [0, 0.1) is 5.41 Å². The molecular weight excluding hydrogens is 212 g/mol. The highest BCUT2D eigenvalue weighted by Crippen LogP contribution is 2.22. The molecule has 0 aromatic rings. The lowest BCUT2D eigenvalue weighted by atomic mass is 9.86. The molecule has 1 amide bonds. The maximum Gasteiger partial charge on any atom is 0.233 e. The van der Waals surface area contributed by atoms with Crippen molar-refractivity contribution < 1.29 is 9.53 Å². The summed E-state index contributed by atoms with van der Waals surface area (Å²) in [6.45, 7) is 4.98. The minimum absolute atomic E-state index is 0.0898. The molecule has 4 nitrogen and oxygen atoms in total. The molecule has 1 aliphatic rings. The average molecular weight is 230 g/mol. The lowest BCUT2D eigenvalue weighted by Crippen LogP contribution is -2.49. The van der Waals surface area contributed by atoms with Gasteiger partial charge in [0, 0.05) is 6.61 Å². The largest absolute Gasteiger partial charge is 0.392 e. The first kappa shape index (κ1) is 12.4. The average Bonchev–Trinajstić information content (AvgIpc) is 2.68. The van der Waals surface area contributed by atoms with Crippen molar-refractivity contribution in [2.75, 3.05) is 13.2 Å². The van der Waals surface area contributed by atoms with E-state index in [-0.39, 0.29) is 16.9 Å². The SMILES string of the molecule is CCC(C)(C(=O)NC1CCOC1)C(N)=S. The molecule has 0 spiro atoms. The number of carbonyl (C=O) groups is 1. The van der Waals surface area contributed by atoms with Crippen molar-refractivity contribution in [3.63, 3.8) is 0 Å². The van der Waals surface area contributed by atoms with Crippen molar-refractivity contribution in [2.45, 2.75) is 32.7 Å². The van der Waals surface area contributed by atoms with Crippen molar-refractivity contribution in [1.29, 1.82) is 0 Å². The molecule has 0 bridgehead atoms. The summed E-state index contributed by atoms with van der Waals surface area (Å²) in [6, 6.07) is 0.109. The fraction of sp³-hybridized carbons (Fsp3) is 0.800. The second-order valence-corrected chi connectivity index (χ2v) is 4.52. The van der Waals surface area contributed by atoms with E-state index in [2.05, 4.69) is 5.32 Å². The van der Waals surface area contributed by atoms with Gasteiger partial charge >= 0.3 is 0 Å². The normalized spacial score (nSPS) is 24.5. The number of thiocarbonyl (C=S) groups is 1. The highest BCUT2D eigenvalue weighted by Gasteiger charge is 2.36. The van der Waals surface area contributed by atoms with Crippen LogP contribution < -0.4 is 11.1 Å². The summed E-state index contributed by atoms with van der Waals surface area (Å²) in [7, 11) is 0. The van der Waals surface area contributed by atoms with E-state index in [1.807, 2.05) is 6.92 Å². The van der Waals surface area contributed by atoms with Crippen molar-refractivity contribution in [3.05, 3.63) is 0 Å². The molecule has 0 saturated carbocycles. The molecule has 3 N–H and O–H groups in total. The predicted octanol–water partition coefficient (Wildman–Crippen LogP) is 0.594. The van der Waals surface area contributed by atoms with Crippen molar-refractivity contribution in [3.8, 4) is 0 Å². The summed E-state index contributed by atoms with van der Waals surface area (Å²) in [5.41, 5.74) is 4.86. The molecule has 2 atom stereocenters. The Hall–Kier alpha value is -0.680. The van der Waals surface area contributed by atoms with Gasteiger partial charge in [0.1, 0.15) is 0 Å². The zero-order chi connectivity index (χ0) is 11.5. The van der Waals surface area contributed by atoms with Gasteiger partial charge in [-0.1, -0.05) is 19.1 Å². The second kappa shape index (κ2) is 4.90. The van der Waals surface area contributed by atoms with Crippen LogP contribution in [-0.2, 0) is 9.53 Å². The zero-order valence-corrected chi connectivity index (χ0v) is 10.0. The summed E-state index contributed by atoms with van der Waals surface area (Å²) in [5, 5.41) is 2.92. The van der Waals surface area contributed by atoms with Crippen LogP contribution in [0.1, 0.15) is 26.7 Å². The molecule has 0 aromatic carbocycles. The Morgan fingerprint density at radius 2 is 2.40 bits per heavy atom. The van der Waals surface area contributed by atoms with Gasteiger partial charge in [0.15, 0.2) is 0 Å². The molecule has 86 valence electrons. The number of nitrogens with one attached hydrogen (secondary N) is 1. The molecule has 5 heteroatoms. The minimum Gasteiger partial charge on any atom is -0.392 e. The molecule has 0 aliphatic carbocycles. The molecule has 1 heterocycles. The molecule has 0 radical (unpaired) electrons. The molecule has 15 heavy (non-hydrogen) atoms. The topological polar surface area (TPSA) is 64.3 Å². The first-order chi connectivity index (χ1) is 7.00. The standard InChI is InChI=1S/C10H18N2O2S/c1-3-10(2,8(11)15)9(13)12-7-4-5-14-6-7/h7H,3-6H2,1-2H3,(H2,11,15)(H,12,13). The third-order valence-electron chi connectivity index (χ3n) is 3.02. The molecule has 1 rings (SSSR count). The van der Waals surface area contributed by atoms with Gasteiger partial charge in [-0.2, -0.15) is 0 Å². The summed E-state index contributed by atoms with van der Waals surface area (Å²) in [4.78, 5) is 12.2. The van der Waals surface area contributed by atoms with Gasteiger partial charge in [-0.15, -0.1) is 0 Å². The number of hydrogen-bond donors (Lipinski definition) is 2. The van der Waals surface area contributed by atoms with E-state index in [1.165, 1.54) is 0 Å². The van der Waals surface area contributed by atoms with E-state index in [1.54, 1.807) is 6.92 Å². The van der Waals surface area contributed by atoms with E-state index in [4.69, 9.17) is 22.7 Å². The Balaban J connectivity index is 2.60. The van der Waals surface area contributed by atoms with E-state index in [0.29, 0.717) is 19.6 Å². The molecular formula is C10H18N2O2S. The number of nitrogens with two attached hydrogens (primary N) is 1. The zero-order valence-electron chi connectivity index (χ0n) is 9.21. The maximum atomic E-state index is 12.0. The highest BCUT2D eigenvalue weighted by molar-refractivity contribution is 7.80. The smallest absolute Gasteiger partial charge is 0.233 e. The predicted molar refractivity (Wildman–Crippen MR) is 62.6 cm³/mol. The van der Waals surface area contributed by atoms with Gasteiger partial charge in [0.05, 0.1) is 23.1 Å². The minimum atomic E-state index is -0.738. The third-order valence-corrected chi connectivity index (χ3v) is 3.47. The van der Waals surface area contributed by atoms with Crippen molar-refractivity contribution in [1.82, 2.24) is 5.32 Å². The van der Waals surface area contributed by atoms with Gasteiger partial charge < -0.3 is 15.8 Å². The summed E-state index contributed by atoms with van der Waals surface area (Å²) >= 11 is 4.93. The van der Waals surface area contributed by atoms with E-state index in [9.17, 15) is 4.79 Å². The quantitative estimate of drug-likeness (QED) is 0.694. The van der Waals surface area contributed by atoms with Crippen LogP contribution in [0.4, 0.5) is 0 Å². The summed E-state index contributed by atoms with van der Waals surface area (Å²) in [5.74, 6) is -0.0898. The Bertz CT molecular complexity index is 264. The lowest BCUT2D eigenvalue weighted by Gasteiger charge is -2.27. The summed E-state index contributed by atoms with van der Waals surface area (Å²) in [6.07, 6.45) is 1.48. The first-order valence-electron chi connectivity index (χ1n) is 5.19. The number of hydrogen-bond acceptors (Lipinski definition) is 3. The van der Waals surface area contributed by atoms with Crippen LogP contribution in [0.25, 0.3) is 0 Å². The van der Waals surface area contributed by atoms with E-state index in [0.717, 1.165) is 6.42 Å². The number of carbonyl (C=O) groups excluding carboxylic acids is 1. The van der Waals surface area contributed by atoms with E-state index < -0.39 is 5.41 Å². The first-order valence-corrected chi connectivity index (χ1v) is 5.60. The molecule has 1 aliphatic heterocycles. The Morgan fingerprint density at radius 3 is 2.80 bits per heavy atom. The van der Waals surface area contributed by atoms with Crippen molar-refractivity contribution >= 4 is 23.1 Å². The van der Waals surface area contributed by atoms with Crippen LogP contribution in [-0.4, -0.2) is 30.2 Å². The Kier molecular flexibility index (Phi) is 4.04. The second-order valence-electron chi connectivity index (χ2n) is 4.08. The maximum absolute atomic E-state index is 12.0. The third kappa shape index (κ3) is 2.66. The van der Waals surface area contributed by atoms with Gasteiger partial charge in [-0.05, 0) is 19.8 Å². The monoisotopic (exact) mass is 230 g/mol. The van der Waals surface area contributed by atoms with Crippen LogP contribution in [0.5, 0.6) is 0 Å². The molecule has 0 aromatic heterocycles. The summed E-state index contributed by atoms with van der Waals surface area (Å²) < 4.78 is 5.19. The fourth-order valence-corrected chi connectivity index (χ4v) is 1.68. The van der Waals surface area contributed by atoms with E-state index >= 15 is 0 Å². The van der Waals surface area contributed by atoms with Gasteiger partial charge in [0.25, 0.3) is 0 Å². The van der Waals surface area contributed by atoms with Crippen LogP contribution in [0.2, 0.25) is 0 Å². The van der Waals surface area contributed by atoms with Crippen LogP contribution in [0.3, 0.4) is 0 Å². The highest BCUT2D eigenvalue weighted by atomic mass is 32.1. The van der Waals surface area contributed by atoms with Crippen LogP contribution in [0.15, 0.2) is 0 Å². The van der Waals surface area contributed by atoms with Crippen LogP contribution >= 0.6 is 12.2 Å². The Morgan fingerprint density at radius 1 is 1.73 bits per heavy atom. The number of ether oxygens (including phenoxy) is 1. The molecule has 1 saturated heterocycles. The fourth-order valence-electron chi connectivity index (χ4n) is 1.44.